The van der Waals surface area contributed by atoms with Crippen LogP contribution in [0.2, 0.25) is 0 Å². The van der Waals surface area contributed by atoms with Gasteiger partial charge in [-0.25, -0.2) is 13.4 Å². The van der Waals surface area contributed by atoms with Gasteiger partial charge in [0.25, 0.3) is 5.91 Å². The Morgan fingerprint density at radius 2 is 1.67 bits per heavy atom. The van der Waals surface area contributed by atoms with Gasteiger partial charge in [-0.3, -0.25) is 9.69 Å². The number of hydrogen-bond donors (Lipinski definition) is 1. The monoisotopic (exact) mass is 571 g/mol. The largest absolute Gasteiger partial charge is 0.351 e. The number of rotatable bonds is 13. The summed E-state index contributed by atoms with van der Waals surface area (Å²) in [5.74, 6) is -0.184. The minimum Gasteiger partial charge on any atom is -0.351 e. The van der Waals surface area contributed by atoms with Crippen molar-refractivity contribution in [3.8, 4) is 0 Å². The molecule has 3 aromatic rings. The van der Waals surface area contributed by atoms with E-state index in [1.807, 2.05) is 0 Å². The summed E-state index contributed by atoms with van der Waals surface area (Å²) < 4.78 is 29.1. The molecule has 1 aromatic heterocycles. The molecule has 1 saturated heterocycles. The average Bonchev–Trinajstić information content (AvgIpc) is 3.39. The van der Waals surface area contributed by atoms with Crippen molar-refractivity contribution in [2.45, 2.75) is 51.3 Å². The van der Waals surface area contributed by atoms with Gasteiger partial charge in [-0.2, -0.15) is 4.31 Å². The number of carbonyl (C=O) groups excluding carboxylic acids is 1. The minimum absolute atomic E-state index is 0.184. The molecule has 212 valence electrons. The maximum absolute atomic E-state index is 13.2. The van der Waals surface area contributed by atoms with Gasteiger partial charge in [-0.15, -0.1) is 0 Å². The fourth-order valence-corrected chi connectivity index (χ4v) is 7.36. The van der Waals surface area contributed by atoms with Gasteiger partial charge in [0, 0.05) is 57.9 Å². The molecule has 0 saturated carbocycles. The van der Waals surface area contributed by atoms with Crippen molar-refractivity contribution >= 4 is 42.6 Å². The first kappa shape index (κ1) is 29.5. The molecule has 2 aromatic carbocycles. The molecule has 0 atom stereocenters. The smallest absolute Gasteiger partial charge is 0.251 e. The van der Waals surface area contributed by atoms with E-state index in [4.69, 9.17) is 4.98 Å². The molecular weight excluding hydrogens is 530 g/mol. The first-order valence-corrected chi connectivity index (χ1v) is 16.3. The van der Waals surface area contributed by atoms with E-state index < -0.39 is 10.0 Å². The van der Waals surface area contributed by atoms with Crippen LogP contribution in [-0.2, 0) is 10.0 Å². The van der Waals surface area contributed by atoms with Gasteiger partial charge in [0.15, 0.2) is 5.13 Å². The fraction of sp³-hybridized carbons (Fsp3) is 0.517. The zero-order valence-corrected chi connectivity index (χ0v) is 25.0. The summed E-state index contributed by atoms with van der Waals surface area (Å²) in [5.41, 5.74) is 2.78. The number of unbranched alkanes of at least 4 members (excludes halogenated alkanes) is 2. The number of piperazine rings is 1. The molecule has 1 aliphatic rings. The van der Waals surface area contributed by atoms with Gasteiger partial charge >= 0.3 is 0 Å². The van der Waals surface area contributed by atoms with Crippen molar-refractivity contribution in [3.63, 3.8) is 0 Å². The van der Waals surface area contributed by atoms with E-state index in [2.05, 4.69) is 54.1 Å². The van der Waals surface area contributed by atoms with Crippen molar-refractivity contribution in [3.05, 3.63) is 53.6 Å². The molecular formula is C29H41N5O3S2. The zero-order chi connectivity index (χ0) is 27.8. The highest BCUT2D eigenvalue weighted by Crippen LogP contribution is 2.31. The van der Waals surface area contributed by atoms with Crippen LogP contribution in [0.4, 0.5) is 5.13 Å². The predicted octanol–water partition coefficient (Wildman–Crippen LogP) is 4.75. The number of amides is 1. The topological polar surface area (TPSA) is 85.8 Å². The number of aryl methyl sites for hydroxylation is 1. The number of anilines is 1. The standard InChI is InChI=1S/C29H41N5O3S2/c1-4-6-16-34(17-7-5-2)39(36,37)25-13-11-24(12-14-25)28(35)30-15-18-32-19-21-33(22-20-32)29-31-27-23(3)9-8-10-26(27)38-29/h8-14H,4-7,15-22H2,1-3H3,(H,30,35). The van der Waals surface area contributed by atoms with E-state index in [0.717, 1.165) is 69.1 Å². The Kier molecular flexibility index (Phi) is 10.3. The molecule has 8 nitrogen and oxygen atoms in total. The van der Waals surface area contributed by atoms with E-state index in [1.54, 1.807) is 39.9 Å². The lowest BCUT2D eigenvalue weighted by molar-refractivity contribution is 0.0947. The van der Waals surface area contributed by atoms with Crippen LogP contribution < -0.4 is 10.2 Å². The third kappa shape index (κ3) is 7.36. The van der Waals surface area contributed by atoms with E-state index >= 15 is 0 Å². The molecule has 0 radical (unpaired) electrons. The van der Waals surface area contributed by atoms with Crippen molar-refractivity contribution < 1.29 is 13.2 Å². The lowest BCUT2D eigenvalue weighted by Gasteiger charge is -2.34. The number of sulfonamides is 1. The van der Waals surface area contributed by atoms with Gasteiger partial charge in [-0.1, -0.05) is 50.2 Å². The van der Waals surface area contributed by atoms with Crippen LogP contribution in [0.15, 0.2) is 47.4 Å². The summed E-state index contributed by atoms with van der Waals surface area (Å²) in [5, 5.41) is 4.07. The summed E-state index contributed by atoms with van der Waals surface area (Å²) in [7, 11) is -3.57. The molecule has 0 unspecified atom stereocenters. The van der Waals surface area contributed by atoms with Crippen LogP contribution in [0.3, 0.4) is 0 Å². The van der Waals surface area contributed by atoms with Crippen LogP contribution in [0.25, 0.3) is 10.2 Å². The van der Waals surface area contributed by atoms with E-state index in [0.29, 0.717) is 25.2 Å². The molecule has 1 fully saturated rings. The second-order valence-electron chi connectivity index (χ2n) is 10.1. The molecule has 0 aliphatic carbocycles. The van der Waals surface area contributed by atoms with Crippen LogP contribution in [-0.4, -0.2) is 80.9 Å². The molecule has 1 N–H and O–H groups in total. The second-order valence-corrected chi connectivity index (χ2v) is 13.1. The van der Waals surface area contributed by atoms with Gasteiger partial charge in [-0.05, 0) is 55.7 Å². The average molecular weight is 572 g/mol. The Bertz CT molecular complexity index is 1320. The summed E-state index contributed by atoms with van der Waals surface area (Å²) in [6.45, 7) is 12.2. The molecule has 39 heavy (non-hydrogen) atoms. The summed E-state index contributed by atoms with van der Waals surface area (Å²) in [4.78, 5) is 22.5. The van der Waals surface area contributed by atoms with Crippen LogP contribution in [0.1, 0.15) is 55.5 Å². The number of hydrogen-bond acceptors (Lipinski definition) is 7. The van der Waals surface area contributed by atoms with E-state index in [1.165, 1.54) is 10.3 Å². The number of aromatic nitrogens is 1. The Morgan fingerprint density at radius 3 is 2.28 bits per heavy atom. The number of para-hydroxylation sites is 1. The SMILES string of the molecule is CCCCN(CCCC)S(=O)(=O)c1ccc(C(=O)NCCN2CCN(c3nc4c(C)cccc4s3)CC2)cc1. The minimum atomic E-state index is -3.57. The number of thiazole rings is 1. The van der Waals surface area contributed by atoms with Crippen LogP contribution in [0.5, 0.6) is 0 Å². The molecule has 2 heterocycles. The van der Waals surface area contributed by atoms with Gasteiger partial charge in [0.05, 0.1) is 15.1 Å². The first-order valence-electron chi connectivity index (χ1n) is 14.0. The Hall–Kier alpha value is -2.53. The lowest BCUT2D eigenvalue weighted by Crippen LogP contribution is -2.48. The summed E-state index contributed by atoms with van der Waals surface area (Å²) in [6, 6.07) is 12.6. The van der Waals surface area contributed by atoms with Gasteiger partial charge in [0.1, 0.15) is 0 Å². The van der Waals surface area contributed by atoms with E-state index in [-0.39, 0.29) is 10.8 Å². The van der Waals surface area contributed by atoms with Crippen molar-refractivity contribution in [1.82, 2.24) is 19.5 Å². The second kappa shape index (κ2) is 13.7. The van der Waals surface area contributed by atoms with Crippen LogP contribution >= 0.6 is 11.3 Å². The molecule has 0 bridgehead atoms. The molecule has 4 rings (SSSR count). The maximum Gasteiger partial charge on any atom is 0.251 e. The quantitative estimate of drug-likeness (QED) is 0.319. The van der Waals surface area contributed by atoms with Crippen molar-refractivity contribution in [2.24, 2.45) is 0 Å². The third-order valence-corrected chi connectivity index (χ3v) is 10.2. The summed E-state index contributed by atoms with van der Waals surface area (Å²) >= 11 is 1.75. The Balaban J connectivity index is 1.24. The highest BCUT2D eigenvalue weighted by atomic mass is 32.2. The lowest BCUT2D eigenvalue weighted by atomic mass is 10.2. The highest BCUT2D eigenvalue weighted by Gasteiger charge is 2.24. The predicted molar refractivity (Wildman–Crippen MR) is 160 cm³/mol. The Morgan fingerprint density at radius 1 is 1.00 bits per heavy atom. The van der Waals surface area contributed by atoms with Gasteiger partial charge in [0.2, 0.25) is 10.0 Å². The fourth-order valence-electron chi connectivity index (χ4n) is 4.75. The maximum atomic E-state index is 13.2. The first-order chi connectivity index (χ1) is 18.8. The van der Waals surface area contributed by atoms with Crippen molar-refractivity contribution in [1.29, 1.82) is 0 Å². The van der Waals surface area contributed by atoms with E-state index in [9.17, 15) is 13.2 Å². The number of nitrogens with one attached hydrogen (secondary N) is 1. The normalized spacial score (nSPS) is 14.8. The molecule has 10 heteroatoms. The van der Waals surface area contributed by atoms with Crippen LogP contribution in [0, 0.1) is 6.92 Å². The van der Waals surface area contributed by atoms with Crippen molar-refractivity contribution in [2.75, 3.05) is 57.3 Å². The summed E-state index contributed by atoms with van der Waals surface area (Å²) in [6.07, 6.45) is 3.55. The number of fused-ring (bicyclic) bond motifs is 1. The molecule has 0 spiro atoms. The number of benzene rings is 2. The molecule has 1 amide bonds. The van der Waals surface area contributed by atoms with Gasteiger partial charge < -0.3 is 10.2 Å². The number of carbonyl (C=O) groups is 1. The Labute approximate surface area is 237 Å². The zero-order valence-electron chi connectivity index (χ0n) is 23.4. The molecule has 1 aliphatic heterocycles. The highest BCUT2D eigenvalue weighted by molar-refractivity contribution is 7.89. The third-order valence-electron chi connectivity index (χ3n) is 7.24. The number of nitrogens with zero attached hydrogens (tertiary/aromatic N) is 4.